The second-order valence-corrected chi connectivity index (χ2v) is 18.3. The Morgan fingerprint density at radius 3 is 2.00 bits per heavy atom. The summed E-state index contributed by atoms with van der Waals surface area (Å²) in [6, 6.07) is 1.73. The average Bonchev–Trinajstić information content (AvgIpc) is 3.26. The zero-order valence-electron chi connectivity index (χ0n) is 15.5. The van der Waals surface area contributed by atoms with E-state index < -0.39 is 35.7 Å². The van der Waals surface area contributed by atoms with Gasteiger partial charge in [-0.25, -0.2) is 0 Å². The van der Waals surface area contributed by atoms with Gasteiger partial charge in [-0.2, -0.15) is 0 Å². The molecule has 11 heteroatoms. The SMILES string of the molecule is COCC[Si]1(C)O[SiH](C)O[Si](C)(CCCOCC2CO2)O[SiH](C)O1. The van der Waals surface area contributed by atoms with Gasteiger partial charge in [0, 0.05) is 26.4 Å². The molecule has 2 aliphatic rings. The second-order valence-electron chi connectivity index (χ2n) is 6.75. The van der Waals surface area contributed by atoms with E-state index in [9.17, 15) is 0 Å². The summed E-state index contributed by atoms with van der Waals surface area (Å²) in [7, 11) is -6.34. The van der Waals surface area contributed by atoms with Gasteiger partial charge in [-0.1, -0.05) is 0 Å². The standard InChI is InChI=1S/C13H32O7Si4/c1-14-8-10-24(5)19-21(2)17-23(4,18-22(3)20-24)9-6-7-15-11-13-12-16-13/h13,21-22H,6-12H2,1-5H3. The predicted molar refractivity (Wildman–Crippen MR) is 100 cm³/mol. The van der Waals surface area contributed by atoms with Crippen molar-refractivity contribution in [1.82, 2.24) is 0 Å². The Hall–Kier alpha value is 0.588. The van der Waals surface area contributed by atoms with E-state index in [1.807, 2.05) is 0 Å². The molecule has 0 amide bonds. The van der Waals surface area contributed by atoms with Crippen LogP contribution < -0.4 is 0 Å². The molecule has 0 spiro atoms. The highest BCUT2D eigenvalue weighted by Crippen LogP contribution is 2.26. The van der Waals surface area contributed by atoms with E-state index in [0.717, 1.165) is 31.7 Å². The number of rotatable bonds is 9. The Labute approximate surface area is 151 Å². The van der Waals surface area contributed by atoms with Crippen LogP contribution in [-0.4, -0.2) is 75.3 Å². The second kappa shape index (κ2) is 9.50. The van der Waals surface area contributed by atoms with Gasteiger partial charge in [-0.3, -0.25) is 0 Å². The average molecular weight is 413 g/mol. The summed E-state index contributed by atoms with van der Waals surface area (Å²) in [6.07, 6.45) is 1.26. The van der Waals surface area contributed by atoms with Crippen LogP contribution in [0.4, 0.5) is 0 Å². The van der Waals surface area contributed by atoms with Crippen molar-refractivity contribution >= 4 is 35.7 Å². The molecule has 0 aromatic heterocycles. The number of methoxy groups -OCH3 is 1. The largest absolute Gasteiger partial charge is 0.418 e. The monoisotopic (exact) mass is 412 g/mol. The third-order valence-corrected chi connectivity index (χ3v) is 19.7. The Morgan fingerprint density at radius 1 is 0.958 bits per heavy atom. The molecular formula is C13H32O7Si4. The van der Waals surface area contributed by atoms with Crippen LogP contribution in [0.5, 0.6) is 0 Å². The molecule has 0 aromatic carbocycles. The molecule has 2 rings (SSSR count). The van der Waals surface area contributed by atoms with Gasteiger partial charge in [0.25, 0.3) is 0 Å². The minimum atomic E-state index is -2.25. The molecule has 3 atom stereocenters. The van der Waals surface area contributed by atoms with E-state index in [1.54, 1.807) is 7.11 Å². The van der Waals surface area contributed by atoms with Crippen molar-refractivity contribution in [2.45, 2.75) is 50.8 Å². The molecule has 24 heavy (non-hydrogen) atoms. The van der Waals surface area contributed by atoms with Crippen molar-refractivity contribution in [3.63, 3.8) is 0 Å². The van der Waals surface area contributed by atoms with Gasteiger partial charge in [0.1, 0.15) is 6.10 Å². The highest BCUT2D eigenvalue weighted by atomic mass is 28.5. The first-order chi connectivity index (χ1) is 11.3. The van der Waals surface area contributed by atoms with Gasteiger partial charge in [-0.15, -0.1) is 0 Å². The van der Waals surface area contributed by atoms with E-state index >= 15 is 0 Å². The van der Waals surface area contributed by atoms with E-state index in [1.165, 1.54) is 0 Å². The maximum Gasteiger partial charge on any atom is 0.319 e. The van der Waals surface area contributed by atoms with Crippen molar-refractivity contribution in [1.29, 1.82) is 0 Å². The van der Waals surface area contributed by atoms with Crippen molar-refractivity contribution < 1.29 is 30.7 Å². The Morgan fingerprint density at radius 2 is 1.50 bits per heavy atom. The maximum absolute atomic E-state index is 6.37. The highest BCUT2D eigenvalue weighted by Gasteiger charge is 2.44. The maximum atomic E-state index is 6.37. The topological polar surface area (TPSA) is 67.9 Å². The molecule has 0 bridgehead atoms. The molecule has 0 aromatic rings. The van der Waals surface area contributed by atoms with Crippen LogP contribution in [0.3, 0.4) is 0 Å². The third kappa shape index (κ3) is 7.45. The molecule has 0 saturated carbocycles. The predicted octanol–water partition coefficient (Wildman–Crippen LogP) is 1.36. The van der Waals surface area contributed by atoms with E-state index in [0.29, 0.717) is 19.3 Å². The fourth-order valence-electron chi connectivity index (χ4n) is 2.91. The van der Waals surface area contributed by atoms with Crippen LogP contribution in [0, 0.1) is 0 Å². The van der Waals surface area contributed by atoms with Crippen LogP contribution in [0.15, 0.2) is 0 Å². The smallest absolute Gasteiger partial charge is 0.319 e. The molecule has 2 fully saturated rings. The molecular weight excluding hydrogens is 380 g/mol. The van der Waals surface area contributed by atoms with Crippen LogP contribution >= 0.6 is 0 Å². The summed E-state index contributed by atoms with van der Waals surface area (Å²) < 4.78 is 41.3. The van der Waals surface area contributed by atoms with Crippen LogP contribution in [-0.2, 0) is 30.7 Å². The van der Waals surface area contributed by atoms with Crippen LogP contribution in [0.25, 0.3) is 0 Å². The summed E-state index contributed by atoms with van der Waals surface area (Å²) in [4.78, 5) is 0. The van der Waals surface area contributed by atoms with Gasteiger partial charge < -0.3 is 30.7 Å². The van der Waals surface area contributed by atoms with Crippen molar-refractivity contribution in [2.75, 3.05) is 33.5 Å². The fraction of sp³-hybridized carbons (Fsp3) is 1.00. The lowest BCUT2D eigenvalue weighted by Gasteiger charge is -2.41. The Bertz CT molecular complexity index is 371. The number of hydrogen-bond donors (Lipinski definition) is 0. The number of hydrogen-bond acceptors (Lipinski definition) is 7. The van der Waals surface area contributed by atoms with Gasteiger partial charge >= 0.3 is 35.7 Å². The van der Waals surface area contributed by atoms with Crippen LogP contribution in [0.2, 0.25) is 38.3 Å². The van der Waals surface area contributed by atoms with E-state index in [-0.39, 0.29) is 0 Å². The quantitative estimate of drug-likeness (QED) is 0.322. The summed E-state index contributed by atoms with van der Waals surface area (Å²) in [5.74, 6) is 0. The Kier molecular flexibility index (Phi) is 8.27. The first-order valence-corrected chi connectivity index (χ1v) is 18.0. The molecule has 142 valence electrons. The zero-order chi connectivity index (χ0) is 17.6. The molecule has 2 aliphatic heterocycles. The summed E-state index contributed by atoms with van der Waals surface area (Å²) in [5.41, 5.74) is 0. The molecule has 2 heterocycles. The first kappa shape index (κ1) is 20.9. The normalized spacial score (nSPS) is 40.1. The minimum Gasteiger partial charge on any atom is -0.418 e. The zero-order valence-corrected chi connectivity index (χ0v) is 19.8. The molecule has 0 radical (unpaired) electrons. The summed E-state index contributed by atoms with van der Waals surface area (Å²) >= 11 is 0. The molecule has 7 nitrogen and oxygen atoms in total. The lowest BCUT2D eigenvalue weighted by molar-refractivity contribution is 0.115. The third-order valence-electron chi connectivity index (χ3n) is 4.05. The summed E-state index contributed by atoms with van der Waals surface area (Å²) in [5, 5.41) is 0. The fourth-order valence-corrected chi connectivity index (χ4v) is 20.1. The van der Waals surface area contributed by atoms with Crippen molar-refractivity contribution in [2.24, 2.45) is 0 Å². The van der Waals surface area contributed by atoms with Gasteiger partial charge in [-0.05, 0) is 38.7 Å². The first-order valence-electron chi connectivity index (χ1n) is 8.74. The van der Waals surface area contributed by atoms with Gasteiger partial charge in [0.2, 0.25) is 0 Å². The van der Waals surface area contributed by atoms with Crippen molar-refractivity contribution in [3.05, 3.63) is 0 Å². The van der Waals surface area contributed by atoms with Crippen molar-refractivity contribution in [3.8, 4) is 0 Å². The lowest BCUT2D eigenvalue weighted by Crippen LogP contribution is -2.58. The van der Waals surface area contributed by atoms with E-state index in [2.05, 4.69) is 26.2 Å². The number of ether oxygens (including phenoxy) is 3. The van der Waals surface area contributed by atoms with Gasteiger partial charge in [0.05, 0.1) is 13.2 Å². The van der Waals surface area contributed by atoms with Crippen LogP contribution in [0.1, 0.15) is 6.42 Å². The molecule has 0 aliphatic carbocycles. The Balaban J connectivity index is 1.81. The molecule has 2 saturated heterocycles. The molecule has 3 unspecified atom stereocenters. The highest BCUT2D eigenvalue weighted by molar-refractivity contribution is 6.85. The minimum absolute atomic E-state index is 0.322. The van der Waals surface area contributed by atoms with Gasteiger partial charge in [0.15, 0.2) is 0 Å². The van der Waals surface area contributed by atoms with E-state index in [4.69, 9.17) is 30.7 Å². The number of epoxide rings is 1. The lowest BCUT2D eigenvalue weighted by atomic mass is 10.5. The molecule has 0 N–H and O–H groups in total. The summed E-state index contributed by atoms with van der Waals surface area (Å²) in [6.45, 7) is 11.3.